The molecule has 0 aromatic heterocycles. The number of fused-ring (bicyclic) bond motifs is 1. The third kappa shape index (κ3) is 3.43. The predicted octanol–water partition coefficient (Wildman–Crippen LogP) is 4.24. The number of hydrogen-bond acceptors (Lipinski definition) is 3. The summed E-state index contributed by atoms with van der Waals surface area (Å²) in [5, 5.41) is 2.20. The summed E-state index contributed by atoms with van der Waals surface area (Å²) in [6.45, 7) is 1.45. The number of cyclic esters (lactones) is 1. The van der Waals surface area contributed by atoms with Gasteiger partial charge in [0, 0.05) is 11.9 Å². The molecule has 4 nitrogen and oxygen atoms in total. The Morgan fingerprint density at radius 3 is 2.60 bits per heavy atom. The van der Waals surface area contributed by atoms with Crippen molar-refractivity contribution in [3.05, 3.63) is 78.4 Å². The molecule has 4 rings (SSSR count). The third-order valence-electron chi connectivity index (χ3n) is 4.34. The molecule has 1 heterocycles. The highest BCUT2D eigenvalue weighted by Crippen LogP contribution is 2.26. The number of nitrogens with zero attached hydrogens (tertiary/aromatic N) is 1. The average molecular weight is 333 g/mol. The summed E-state index contributed by atoms with van der Waals surface area (Å²) >= 11 is 0. The van der Waals surface area contributed by atoms with Crippen LogP contribution in [0.15, 0.2) is 72.8 Å². The van der Waals surface area contributed by atoms with Crippen molar-refractivity contribution in [1.82, 2.24) is 4.90 Å². The highest BCUT2D eigenvalue weighted by Gasteiger charge is 2.31. The smallest absolute Gasteiger partial charge is 0.410 e. The molecule has 3 aromatic carbocycles. The number of carbonyl (C=O) groups excluding carboxylic acids is 1. The van der Waals surface area contributed by atoms with E-state index in [0.29, 0.717) is 19.7 Å². The first-order chi connectivity index (χ1) is 12.3. The van der Waals surface area contributed by atoms with Crippen LogP contribution in [0.5, 0.6) is 5.75 Å². The second-order valence-electron chi connectivity index (χ2n) is 6.16. The first kappa shape index (κ1) is 15.5. The number of rotatable bonds is 5. The Kier molecular flexibility index (Phi) is 4.25. The molecule has 3 aromatic rings. The van der Waals surface area contributed by atoms with E-state index < -0.39 is 0 Å². The number of carbonyl (C=O) groups is 1. The maximum atomic E-state index is 12.1. The zero-order chi connectivity index (χ0) is 17.1. The molecule has 0 radical (unpaired) electrons. The lowest BCUT2D eigenvalue weighted by molar-refractivity contribution is 0.103. The Hall–Kier alpha value is -3.01. The van der Waals surface area contributed by atoms with Gasteiger partial charge in [0.2, 0.25) is 0 Å². The highest BCUT2D eigenvalue weighted by atomic mass is 16.6. The topological polar surface area (TPSA) is 38.8 Å². The fourth-order valence-corrected chi connectivity index (χ4v) is 3.10. The van der Waals surface area contributed by atoms with Gasteiger partial charge in [-0.3, -0.25) is 0 Å². The number of hydrogen-bond donors (Lipinski definition) is 0. The summed E-state index contributed by atoms with van der Waals surface area (Å²) in [5.41, 5.74) is 1.09. The third-order valence-corrected chi connectivity index (χ3v) is 4.34. The van der Waals surface area contributed by atoms with Crippen LogP contribution in [0, 0.1) is 0 Å². The molecule has 1 unspecified atom stereocenters. The van der Waals surface area contributed by atoms with Crippen molar-refractivity contribution in [2.24, 2.45) is 0 Å². The molecule has 126 valence electrons. The number of ether oxygens (including phenoxy) is 2. The van der Waals surface area contributed by atoms with Crippen LogP contribution in [0.3, 0.4) is 0 Å². The SMILES string of the molecule is O=C1OC(COc2cccc3ccccc23)CN1Cc1ccccc1. The maximum absolute atomic E-state index is 12.1. The van der Waals surface area contributed by atoms with Gasteiger partial charge in [-0.05, 0) is 17.0 Å². The van der Waals surface area contributed by atoms with Gasteiger partial charge in [-0.25, -0.2) is 4.79 Å². The zero-order valence-electron chi connectivity index (χ0n) is 13.8. The van der Waals surface area contributed by atoms with E-state index in [1.54, 1.807) is 4.90 Å². The normalized spacial score (nSPS) is 16.9. The van der Waals surface area contributed by atoms with Crippen molar-refractivity contribution in [2.45, 2.75) is 12.6 Å². The van der Waals surface area contributed by atoms with Crippen molar-refractivity contribution in [2.75, 3.05) is 13.2 Å². The molecule has 0 bridgehead atoms. The fourth-order valence-electron chi connectivity index (χ4n) is 3.10. The highest BCUT2D eigenvalue weighted by molar-refractivity contribution is 5.88. The zero-order valence-corrected chi connectivity index (χ0v) is 13.8. The first-order valence-corrected chi connectivity index (χ1v) is 8.39. The van der Waals surface area contributed by atoms with Crippen molar-refractivity contribution in [1.29, 1.82) is 0 Å². The Morgan fingerprint density at radius 1 is 0.960 bits per heavy atom. The molecule has 1 fully saturated rings. The quantitative estimate of drug-likeness (QED) is 0.701. The molecule has 1 aliphatic rings. The van der Waals surface area contributed by atoms with Crippen molar-refractivity contribution in [3.8, 4) is 5.75 Å². The van der Waals surface area contributed by atoms with Gasteiger partial charge in [-0.15, -0.1) is 0 Å². The largest absolute Gasteiger partial charge is 0.489 e. The van der Waals surface area contributed by atoms with Gasteiger partial charge >= 0.3 is 6.09 Å². The van der Waals surface area contributed by atoms with E-state index in [1.807, 2.05) is 60.7 Å². The molecule has 1 amide bonds. The van der Waals surface area contributed by atoms with Gasteiger partial charge in [0.1, 0.15) is 12.4 Å². The van der Waals surface area contributed by atoms with E-state index in [1.165, 1.54) is 0 Å². The van der Waals surface area contributed by atoms with Crippen LogP contribution in [0.2, 0.25) is 0 Å². The Labute approximate surface area is 146 Å². The predicted molar refractivity (Wildman–Crippen MR) is 96.6 cm³/mol. The summed E-state index contributed by atoms with van der Waals surface area (Å²) in [7, 11) is 0. The molecule has 1 atom stereocenters. The fraction of sp³-hybridized carbons (Fsp3) is 0.190. The van der Waals surface area contributed by atoms with Gasteiger partial charge in [-0.1, -0.05) is 66.7 Å². The van der Waals surface area contributed by atoms with Crippen molar-refractivity contribution in [3.63, 3.8) is 0 Å². The number of benzene rings is 3. The minimum Gasteiger partial charge on any atom is -0.489 e. The van der Waals surface area contributed by atoms with Crippen LogP contribution >= 0.6 is 0 Å². The number of amides is 1. The lowest BCUT2D eigenvalue weighted by Gasteiger charge is -2.14. The van der Waals surface area contributed by atoms with Gasteiger partial charge in [0.25, 0.3) is 0 Å². The van der Waals surface area contributed by atoms with Crippen LogP contribution in [0.4, 0.5) is 4.79 Å². The lowest BCUT2D eigenvalue weighted by atomic mass is 10.1. The van der Waals surface area contributed by atoms with Gasteiger partial charge < -0.3 is 14.4 Å². The maximum Gasteiger partial charge on any atom is 0.410 e. The van der Waals surface area contributed by atoms with E-state index in [9.17, 15) is 4.79 Å². The van der Waals surface area contributed by atoms with Crippen LogP contribution < -0.4 is 4.74 Å². The van der Waals surface area contributed by atoms with Gasteiger partial charge in [0.15, 0.2) is 6.10 Å². The molecule has 0 spiro atoms. The second kappa shape index (κ2) is 6.85. The summed E-state index contributed by atoms with van der Waals surface area (Å²) < 4.78 is 11.4. The van der Waals surface area contributed by atoms with Crippen LogP contribution in [0.25, 0.3) is 10.8 Å². The minimum absolute atomic E-state index is 0.254. The summed E-state index contributed by atoms with van der Waals surface area (Å²) in [6, 6.07) is 24.0. The molecule has 25 heavy (non-hydrogen) atoms. The monoisotopic (exact) mass is 333 g/mol. The van der Waals surface area contributed by atoms with Gasteiger partial charge in [0.05, 0.1) is 6.54 Å². The van der Waals surface area contributed by atoms with E-state index in [0.717, 1.165) is 22.1 Å². The van der Waals surface area contributed by atoms with E-state index in [-0.39, 0.29) is 12.2 Å². The average Bonchev–Trinajstić information content (AvgIpc) is 3.00. The van der Waals surface area contributed by atoms with Crippen LogP contribution in [-0.2, 0) is 11.3 Å². The summed E-state index contributed by atoms with van der Waals surface area (Å²) in [4.78, 5) is 13.8. The van der Waals surface area contributed by atoms with Crippen LogP contribution in [-0.4, -0.2) is 30.2 Å². The van der Waals surface area contributed by atoms with Crippen molar-refractivity contribution >= 4 is 16.9 Å². The van der Waals surface area contributed by atoms with E-state index in [4.69, 9.17) is 9.47 Å². The Morgan fingerprint density at radius 2 is 1.72 bits per heavy atom. The first-order valence-electron chi connectivity index (χ1n) is 8.39. The Bertz CT molecular complexity index is 873. The Balaban J connectivity index is 1.40. The van der Waals surface area contributed by atoms with E-state index in [2.05, 4.69) is 12.1 Å². The summed E-state index contributed by atoms with van der Waals surface area (Å²) in [6.07, 6.45) is -0.537. The van der Waals surface area contributed by atoms with Crippen LogP contribution in [0.1, 0.15) is 5.56 Å². The molecule has 0 N–H and O–H groups in total. The second-order valence-corrected chi connectivity index (χ2v) is 6.16. The minimum atomic E-state index is -0.282. The standard InChI is InChI=1S/C21H19NO3/c23-21-22(13-16-7-2-1-3-8-16)14-18(25-21)15-24-20-12-6-10-17-9-4-5-11-19(17)20/h1-12,18H,13-15H2. The molecule has 0 saturated carbocycles. The molecule has 1 saturated heterocycles. The summed E-state index contributed by atoms with van der Waals surface area (Å²) in [5.74, 6) is 0.815. The van der Waals surface area contributed by atoms with Crippen molar-refractivity contribution < 1.29 is 14.3 Å². The molecular weight excluding hydrogens is 314 g/mol. The molecule has 4 heteroatoms. The molecule has 1 aliphatic heterocycles. The lowest BCUT2D eigenvalue weighted by Crippen LogP contribution is -2.26. The molecular formula is C21H19NO3. The van der Waals surface area contributed by atoms with E-state index >= 15 is 0 Å². The van der Waals surface area contributed by atoms with Gasteiger partial charge in [-0.2, -0.15) is 0 Å². The molecule has 0 aliphatic carbocycles.